The lowest BCUT2D eigenvalue weighted by atomic mass is 9.90. The Morgan fingerprint density at radius 3 is 1.28 bits per heavy atom. The van der Waals surface area contributed by atoms with Gasteiger partial charge in [0.15, 0.2) is 0 Å². The van der Waals surface area contributed by atoms with Crippen LogP contribution in [0.15, 0.2) is 24.3 Å². The Morgan fingerprint density at radius 2 is 0.931 bits per heavy atom. The molecule has 0 saturated heterocycles. The summed E-state index contributed by atoms with van der Waals surface area (Å²) < 4.78 is 12.8. The molecule has 2 aliphatic heterocycles. The zero-order chi connectivity index (χ0) is 21.9. The summed E-state index contributed by atoms with van der Waals surface area (Å²) >= 11 is 0. The molecule has 2 aromatic carbocycles. The highest BCUT2D eigenvalue weighted by atomic mass is 28.3. The molecule has 0 unspecified atom stereocenters. The highest BCUT2D eigenvalue weighted by Gasteiger charge is 2.34. The van der Waals surface area contributed by atoms with E-state index in [2.05, 4.69) is 34.6 Å². The lowest BCUT2D eigenvalue weighted by Gasteiger charge is -2.11. The van der Waals surface area contributed by atoms with Crippen LogP contribution in [-0.4, -0.2) is 44.8 Å². The first kappa shape index (κ1) is 22.4. The summed E-state index contributed by atoms with van der Waals surface area (Å²) in [5.41, 5.74) is 5.42. The van der Waals surface area contributed by atoms with Gasteiger partial charge in [0.25, 0.3) is 0 Å². The highest BCUT2D eigenvalue weighted by Crippen LogP contribution is 2.31. The number of rotatable bonds is 0. The molecule has 0 atom stereocenters. The molecule has 146 valence electrons. The van der Waals surface area contributed by atoms with Crippen LogP contribution in [0.25, 0.3) is 0 Å². The SMILES string of the molecule is Cc1c(C)c(C)c2c(c1C)C(=O)OC2=O.O=C1OC(=O)c2ccccc21.[Si]O[Si]. The molecular formula is C20H16O7Si2. The van der Waals surface area contributed by atoms with Gasteiger partial charge in [0.05, 0.1) is 22.3 Å². The molecule has 0 amide bonds. The van der Waals surface area contributed by atoms with Crippen molar-refractivity contribution in [2.24, 2.45) is 0 Å². The summed E-state index contributed by atoms with van der Waals surface area (Å²) in [4.78, 5) is 44.6. The number of benzene rings is 2. The van der Waals surface area contributed by atoms with E-state index < -0.39 is 23.9 Å². The van der Waals surface area contributed by atoms with Gasteiger partial charge in [-0.05, 0) is 62.1 Å². The van der Waals surface area contributed by atoms with Gasteiger partial charge in [0, 0.05) is 0 Å². The van der Waals surface area contributed by atoms with Crippen LogP contribution in [0.2, 0.25) is 0 Å². The normalized spacial score (nSPS) is 13.4. The molecule has 0 N–H and O–H groups in total. The lowest BCUT2D eigenvalue weighted by Crippen LogP contribution is -2.04. The molecule has 7 nitrogen and oxygen atoms in total. The molecule has 0 bridgehead atoms. The molecule has 0 aliphatic carbocycles. The molecule has 2 aromatic rings. The van der Waals surface area contributed by atoms with Crippen LogP contribution in [0.4, 0.5) is 0 Å². The maximum absolute atomic E-state index is 11.5. The highest BCUT2D eigenvalue weighted by molar-refractivity contribution is 6.17. The van der Waals surface area contributed by atoms with E-state index >= 15 is 0 Å². The van der Waals surface area contributed by atoms with Crippen molar-refractivity contribution < 1.29 is 32.8 Å². The molecule has 0 saturated carbocycles. The molecule has 0 spiro atoms. The number of carbonyl (C=O) groups is 4. The topological polar surface area (TPSA) is 96.0 Å². The molecular weight excluding hydrogens is 408 g/mol. The molecule has 0 fully saturated rings. The van der Waals surface area contributed by atoms with Crippen molar-refractivity contribution in [3.05, 3.63) is 68.8 Å². The maximum Gasteiger partial charge on any atom is 0.347 e. The van der Waals surface area contributed by atoms with Crippen molar-refractivity contribution in [2.45, 2.75) is 27.7 Å². The van der Waals surface area contributed by atoms with Gasteiger partial charge < -0.3 is 13.6 Å². The fourth-order valence-electron chi connectivity index (χ4n) is 3.04. The largest absolute Gasteiger partial charge is 0.458 e. The monoisotopic (exact) mass is 424 g/mol. The number of hydrogen-bond acceptors (Lipinski definition) is 7. The summed E-state index contributed by atoms with van der Waals surface area (Å²) in [7, 11) is 5.19. The smallest absolute Gasteiger partial charge is 0.347 e. The lowest BCUT2D eigenvalue weighted by molar-refractivity contribution is 0.0425. The first-order valence-electron chi connectivity index (χ1n) is 8.37. The van der Waals surface area contributed by atoms with Crippen LogP contribution >= 0.6 is 0 Å². The molecule has 29 heavy (non-hydrogen) atoms. The van der Waals surface area contributed by atoms with Crippen LogP contribution < -0.4 is 0 Å². The number of fused-ring (bicyclic) bond motifs is 2. The molecule has 0 aromatic heterocycles. The van der Waals surface area contributed by atoms with E-state index in [4.69, 9.17) is 0 Å². The fraction of sp³-hybridized carbons (Fsp3) is 0.200. The van der Waals surface area contributed by atoms with Crippen LogP contribution in [0.3, 0.4) is 0 Å². The van der Waals surface area contributed by atoms with Crippen molar-refractivity contribution in [1.82, 2.24) is 0 Å². The van der Waals surface area contributed by atoms with Gasteiger partial charge in [0.1, 0.15) is 0 Å². The average Bonchev–Trinajstić information content (AvgIpc) is 3.15. The van der Waals surface area contributed by atoms with Crippen molar-refractivity contribution >= 4 is 44.8 Å². The third-order valence-corrected chi connectivity index (χ3v) is 4.83. The zero-order valence-electron chi connectivity index (χ0n) is 16.2. The third-order valence-electron chi connectivity index (χ3n) is 4.83. The molecule has 6 radical (unpaired) electrons. The van der Waals surface area contributed by atoms with Crippen LogP contribution in [0.5, 0.6) is 0 Å². The van der Waals surface area contributed by atoms with E-state index in [1.165, 1.54) is 0 Å². The van der Waals surface area contributed by atoms with E-state index in [9.17, 15) is 19.2 Å². The molecule has 4 rings (SSSR count). The summed E-state index contributed by atoms with van der Waals surface area (Å²) in [6, 6.07) is 6.53. The molecule has 2 aliphatic rings. The third kappa shape index (κ3) is 4.26. The van der Waals surface area contributed by atoms with Gasteiger partial charge in [-0.3, -0.25) is 0 Å². The molecule has 2 heterocycles. The van der Waals surface area contributed by atoms with Crippen molar-refractivity contribution in [3.63, 3.8) is 0 Å². The maximum atomic E-state index is 11.5. The molecule has 9 heteroatoms. The van der Waals surface area contributed by atoms with Gasteiger partial charge in [-0.15, -0.1) is 0 Å². The van der Waals surface area contributed by atoms with E-state index in [0.29, 0.717) is 22.3 Å². The second kappa shape index (κ2) is 9.08. The Hall–Kier alpha value is -2.89. The quantitative estimate of drug-likeness (QED) is 0.364. The summed E-state index contributed by atoms with van der Waals surface area (Å²) in [6.45, 7) is 7.60. The van der Waals surface area contributed by atoms with Gasteiger partial charge in [-0.2, -0.15) is 0 Å². The predicted molar refractivity (Wildman–Crippen MR) is 104 cm³/mol. The van der Waals surface area contributed by atoms with E-state index in [1.807, 2.05) is 27.7 Å². The number of esters is 4. The fourth-order valence-corrected chi connectivity index (χ4v) is 3.04. The van der Waals surface area contributed by atoms with Gasteiger partial charge in [0.2, 0.25) is 21.0 Å². The van der Waals surface area contributed by atoms with Gasteiger partial charge in [-0.1, -0.05) is 12.1 Å². The number of hydrogen-bond donors (Lipinski definition) is 0. The van der Waals surface area contributed by atoms with Gasteiger partial charge >= 0.3 is 23.9 Å². The Balaban J connectivity index is 0.000000189. The van der Waals surface area contributed by atoms with Crippen molar-refractivity contribution in [2.75, 3.05) is 0 Å². The van der Waals surface area contributed by atoms with Crippen LogP contribution in [0.1, 0.15) is 63.7 Å². The summed E-state index contributed by atoms with van der Waals surface area (Å²) in [6.07, 6.45) is 0. The Bertz CT molecular complexity index is 950. The second-order valence-corrected chi connectivity index (χ2v) is 7.07. The first-order valence-corrected chi connectivity index (χ1v) is 9.19. The first-order chi connectivity index (χ1) is 13.6. The predicted octanol–water partition coefficient (Wildman–Crippen LogP) is 2.40. The number of ether oxygens (including phenoxy) is 2. The summed E-state index contributed by atoms with van der Waals surface area (Å²) in [5, 5.41) is 0. The Kier molecular flexibility index (Phi) is 7.01. The standard InChI is InChI=1S/C12H12O3.C8H4O3.OSi2/c1-5-6(2)8(4)10-9(7(5)3)11(13)15-12(10)14;9-7-5-3-1-2-4-6(5)8(10)11-7;2-1-3/h1-4H3;1-4H;. The zero-order valence-corrected chi connectivity index (χ0v) is 18.2. The van der Waals surface area contributed by atoms with E-state index in [1.54, 1.807) is 24.3 Å². The van der Waals surface area contributed by atoms with Gasteiger partial charge in [-0.25, -0.2) is 19.2 Å². The van der Waals surface area contributed by atoms with Crippen molar-refractivity contribution in [3.8, 4) is 0 Å². The average molecular weight is 425 g/mol. The van der Waals surface area contributed by atoms with Crippen LogP contribution in [-0.2, 0) is 13.6 Å². The second-order valence-electron chi connectivity index (χ2n) is 6.25. The van der Waals surface area contributed by atoms with Crippen molar-refractivity contribution in [1.29, 1.82) is 0 Å². The van der Waals surface area contributed by atoms with E-state index in [0.717, 1.165) is 22.3 Å². The van der Waals surface area contributed by atoms with E-state index in [-0.39, 0.29) is 0 Å². The number of carbonyl (C=O) groups excluding carboxylic acids is 4. The Labute approximate surface area is 174 Å². The number of cyclic esters (lactones) is 4. The Morgan fingerprint density at radius 1 is 0.621 bits per heavy atom. The minimum Gasteiger partial charge on any atom is -0.458 e. The summed E-state index contributed by atoms with van der Waals surface area (Å²) in [5.74, 6) is -2.13. The minimum atomic E-state index is -0.550. The minimum absolute atomic E-state index is 0.359. The van der Waals surface area contributed by atoms with Crippen LogP contribution in [0, 0.1) is 27.7 Å².